The van der Waals surface area contributed by atoms with E-state index in [1.54, 1.807) is 0 Å². The molecule has 90 valence electrons. The Hall–Kier alpha value is -1.31. The van der Waals surface area contributed by atoms with Crippen molar-refractivity contribution in [3.8, 4) is 5.75 Å². The lowest BCUT2D eigenvalue weighted by Gasteiger charge is -2.26. The van der Waals surface area contributed by atoms with Crippen LogP contribution in [0.5, 0.6) is 5.75 Å². The molecule has 1 aliphatic heterocycles. The van der Waals surface area contributed by atoms with Crippen molar-refractivity contribution in [3.63, 3.8) is 0 Å². The molecule has 1 saturated carbocycles. The van der Waals surface area contributed by atoms with Crippen molar-refractivity contribution in [1.29, 1.82) is 0 Å². The minimum atomic E-state index is 0.0907. The third-order valence-electron chi connectivity index (χ3n) is 4.04. The van der Waals surface area contributed by atoms with Gasteiger partial charge in [-0.15, -0.1) is 0 Å². The van der Waals surface area contributed by atoms with Crippen molar-refractivity contribution >= 4 is 5.78 Å². The van der Waals surface area contributed by atoms with Crippen LogP contribution in [0, 0.1) is 11.8 Å². The molecule has 0 aromatic heterocycles. The summed E-state index contributed by atoms with van der Waals surface area (Å²) in [6.45, 7) is 0.576. The van der Waals surface area contributed by atoms with Crippen LogP contribution in [0.3, 0.4) is 0 Å². The van der Waals surface area contributed by atoms with Crippen LogP contribution < -0.4 is 4.74 Å². The van der Waals surface area contributed by atoms with Crippen molar-refractivity contribution in [3.05, 3.63) is 29.8 Å². The SMILES string of the molecule is O=C(C1CCCC1)C1COc2ccccc2C1. The molecule has 0 bridgehead atoms. The van der Waals surface area contributed by atoms with Crippen LogP contribution in [0.4, 0.5) is 0 Å². The summed E-state index contributed by atoms with van der Waals surface area (Å²) in [5.41, 5.74) is 1.19. The number of rotatable bonds is 2. The van der Waals surface area contributed by atoms with E-state index in [0.29, 0.717) is 18.3 Å². The lowest BCUT2D eigenvalue weighted by Crippen LogP contribution is -2.31. The fraction of sp³-hybridized carbons (Fsp3) is 0.533. The number of hydrogen-bond donors (Lipinski definition) is 0. The predicted molar refractivity (Wildman–Crippen MR) is 66.1 cm³/mol. The molecule has 0 radical (unpaired) electrons. The number of ketones is 1. The molecule has 1 aromatic rings. The summed E-state index contributed by atoms with van der Waals surface area (Å²) in [4.78, 5) is 12.3. The summed E-state index contributed by atoms with van der Waals surface area (Å²) in [7, 11) is 0. The number of fused-ring (bicyclic) bond motifs is 1. The second-order valence-corrected chi connectivity index (χ2v) is 5.20. The first-order valence-electron chi connectivity index (χ1n) is 6.59. The molecule has 17 heavy (non-hydrogen) atoms. The Morgan fingerprint density at radius 1 is 1.12 bits per heavy atom. The minimum Gasteiger partial charge on any atom is -0.493 e. The standard InChI is InChI=1S/C15H18O2/c16-15(11-5-1-2-6-11)13-9-12-7-3-4-8-14(12)17-10-13/h3-4,7-8,11,13H,1-2,5-6,9-10H2. The van der Waals surface area contributed by atoms with Crippen LogP contribution in [-0.2, 0) is 11.2 Å². The van der Waals surface area contributed by atoms with E-state index in [4.69, 9.17) is 4.74 Å². The lowest BCUT2D eigenvalue weighted by molar-refractivity contribution is -0.127. The molecule has 1 fully saturated rings. The highest BCUT2D eigenvalue weighted by molar-refractivity contribution is 5.84. The number of para-hydroxylation sites is 1. The highest BCUT2D eigenvalue weighted by Gasteiger charge is 2.32. The normalized spacial score (nSPS) is 24.1. The average molecular weight is 230 g/mol. The van der Waals surface area contributed by atoms with Gasteiger partial charge in [-0.3, -0.25) is 4.79 Å². The van der Waals surface area contributed by atoms with Crippen molar-refractivity contribution in [2.75, 3.05) is 6.61 Å². The highest BCUT2D eigenvalue weighted by Crippen LogP contribution is 2.33. The fourth-order valence-corrected chi connectivity index (χ4v) is 3.05. The van der Waals surface area contributed by atoms with Crippen LogP contribution in [-0.4, -0.2) is 12.4 Å². The number of Topliss-reactive ketones (excluding diaryl/α,β-unsaturated/α-hetero) is 1. The van der Waals surface area contributed by atoms with E-state index in [1.807, 2.05) is 18.2 Å². The maximum Gasteiger partial charge on any atom is 0.142 e. The molecule has 1 aliphatic carbocycles. The van der Waals surface area contributed by atoms with Gasteiger partial charge in [-0.05, 0) is 30.9 Å². The molecule has 0 N–H and O–H groups in total. The molecule has 1 heterocycles. The molecule has 0 saturated heterocycles. The van der Waals surface area contributed by atoms with Gasteiger partial charge in [0.25, 0.3) is 0 Å². The fourth-order valence-electron chi connectivity index (χ4n) is 3.05. The van der Waals surface area contributed by atoms with E-state index in [0.717, 1.165) is 25.0 Å². The number of carbonyl (C=O) groups excluding carboxylic acids is 1. The van der Waals surface area contributed by atoms with E-state index in [2.05, 4.69) is 6.07 Å². The zero-order chi connectivity index (χ0) is 11.7. The van der Waals surface area contributed by atoms with Crippen LogP contribution in [0.1, 0.15) is 31.2 Å². The lowest BCUT2D eigenvalue weighted by atomic mass is 9.86. The van der Waals surface area contributed by atoms with Gasteiger partial charge in [0.15, 0.2) is 0 Å². The average Bonchev–Trinajstić information content (AvgIpc) is 2.91. The first kappa shape index (κ1) is 10.8. The van der Waals surface area contributed by atoms with E-state index in [1.165, 1.54) is 18.4 Å². The maximum atomic E-state index is 12.3. The minimum absolute atomic E-state index is 0.0907. The van der Waals surface area contributed by atoms with Gasteiger partial charge in [0.1, 0.15) is 11.5 Å². The zero-order valence-electron chi connectivity index (χ0n) is 10.0. The van der Waals surface area contributed by atoms with E-state index in [-0.39, 0.29) is 5.92 Å². The molecule has 1 atom stereocenters. The Labute approximate surface area is 102 Å². The molecule has 2 nitrogen and oxygen atoms in total. The molecule has 0 spiro atoms. The topological polar surface area (TPSA) is 26.3 Å². The molecular weight excluding hydrogens is 212 g/mol. The Kier molecular flexibility index (Phi) is 2.87. The highest BCUT2D eigenvalue weighted by atomic mass is 16.5. The second kappa shape index (κ2) is 4.52. The van der Waals surface area contributed by atoms with Crippen molar-refractivity contribution < 1.29 is 9.53 Å². The van der Waals surface area contributed by atoms with Gasteiger partial charge < -0.3 is 4.74 Å². The number of carbonyl (C=O) groups is 1. The zero-order valence-corrected chi connectivity index (χ0v) is 10.0. The Balaban J connectivity index is 1.73. The van der Waals surface area contributed by atoms with Gasteiger partial charge in [0.05, 0.1) is 12.5 Å². The Morgan fingerprint density at radius 3 is 2.71 bits per heavy atom. The summed E-state index contributed by atoms with van der Waals surface area (Å²) in [6, 6.07) is 8.07. The van der Waals surface area contributed by atoms with Gasteiger partial charge in [0, 0.05) is 5.92 Å². The number of hydrogen-bond acceptors (Lipinski definition) is 2. The van der Waals surface area contributed by atoms with E-state index < -0.39 is 0 Å². The van der Waals surface area contributed by atoms with Crippen LogP contribution >= 0.6 is 0 Å². The van der Waals surface area contributed by atoms with Gasteiger partial charge in [-0.2, -0.15) is 0 Å². The van der Waals surface area contributed by atoms with Crippen molar-refractivity contribution in [2.45, 2.75) is 32.1 Å². The smallest absolute Gasteiger partial charge is 0.142 e. The Bertz CT molecular complexity index is 419. The third-order valence-corrected chi connectivity index (χ3v) is 4.04. The van der Waals surface area contributed by atoms with Gasteiger partial charge in [-0.1, -0.05) is 31.0 Å². The predicted octanol–water partition coefficient (Wildman–Crippen LogP) is 3.00. The van der Waals surface area contributed by atoms with Gasteiger partial charge >= 0.3 is 0 Å². The first-order valence-corrected chi connectivity index (χ1v) is 6.59. The van der Waals surface area contributed by atoms with Gasteiger partial charge in [-0.25, -0.2) is 0 Å². The monoisotopic (exact) mass is 230 g/mol. The van der Waals surface area contributed by atoms with Gasteiger partial charge in [0.2, 0.25) is 0 Å². The van der Waals surface area contributed by atoms with Crippen LogP contribution in [0.2, 0.25) is 0 Å². The summed E-state index contributed by atoms with van der Waals surface area (Å²) in [5.74, 6) is 1.81. The second-order valence-electron chi connectivity index (χ2n) is 5.20. The molecule has 1 aromatic carbocycles. The molecular formula is C15H18O2. The summed E-state index contributed by atoms with van der Waals surface area (Å²) >= 11 is 0. The first-order chi connectivity index (χ1) is 8.34. The van der Waals surface area contributed by atoms with E-state index >= 15 is 0 Å². The van der Waals surface area contributed by atoms with E-state index in [9.17, 15) is 4.79 Å². The maximum absolute atomic E-state index is 12.3. The van der Waals surface area contributed by atoms with Crippen molar-refractivity contribution in [2.24, 2.45) is 11.8 Å². The van der Waals surface area contributed by atoms with Crippen LogP contribution in [0.25, 0.3) is 0 Å². The van der Waals surface area contributed by atoms with Crippen molar-refractivity contribution in [1.82, 2.24) is 0 Å². The molecule has 0 amide bonds. The number of benzene rings is 1. The molecule has 1 unspecified atom stereocenters. The summed E-state index contributed by atoms with van der Waals surface area (Å²) in [6.07, 6.45) is 5.50. The Morgan fingerprint density at radius 2 is 1.88 bits per heavy atom. The molecule has 2 aliphatic rings. The summed E-state index contributed by atoms with van der Waals surface area (Å²) < 4.78 is 5.70. The third kappa shape index (κ3) is 2.08. The molecule has 2 heteroatoms. The molecule has 3 rings (SSSR count). The quantitative estimate of drug-likeness (QED) is 0.780. The summed E-state index contributed by atoms with van der Waals surface area (Å²) in [5, 5.41) is 0. The number of ether oxygens (including phenoxy) is 1. The largest absolute Gasteiger partial charge is 0.493 e. The van der Waals surface area contributed by atoms with Crippen LogP contribution in [0.15, 0.2) is 24.3 Å².